The Morgan fingerprint density at radius 1 is 1.00 bits per heavy atom. The SMILES string of the molecule is Cc1cc(-c2ccc(-c3ccc(O[C@@H]4CCCC[C@@H]4F)nn3)c(O)c2)ccn1. The Kier molecular flexibility index (Phi) is 5.19. The van der Waals surface area contributed by atoms with Crippen molar-refractivity contribution in [3.8, 4) is 34.0 Å². The molecule has 28 heavy (non-hydrogen) atoms. The molecule has 5 nitrogen and oxygen atoms in total. The molecule has 1 aromatic carbocycles. The van der Waals surface area contributed by atoms with Gasteiger partial charge in [0, 0.05) is 23.5 Å². The lowest BCUT2D eigenvalue weighted by atomic mass is 9.96. The van der Waals surface area contributed by atoms with Gasteiger partial charge in [0.05, 0.1) is 5.69 Å². The van der Waals surface area contributed by atoms with Gasteiger partial charge in [-0.05, 0) is 67.6 Å². The van der Waals surface area contributed by atoms with E-state index in [1.54, 1.807) is 24.4 Å². The molecule has 0 aliphatic heterocycles. The lowest BCUT2D eigenvalue weighted by Crippen LogP contribution is -2.32. The minimum atomic E-state index is -0.955. The molecule has 0 amide bonds. The van der Waals surface area contributed by atoms with E-state index in [9.17, 15) is 9.50 Å². The van der Waals surface area contributed by atoms with Crippen molar-refractivity contribution in [3.05, 3.63) is 54.4 Å². The van der Waals surface area contributed by atoms with E-state index in [4.69, 9.17) is 4.74 Å². The molecular weight excluding hydrogens is 357 g/mol. The molecule has 6 heteroatoms. The summed E-state index contributed by atoms with van der Waals surface area (Å²) >= 11 is 0. The summed E-state index contributed by atoms with van der Waals surface area (Å²) in [4.78, 5) is 4.19. The number of nitrogens with zero attached hydrogens (tertiary/aromatic N) is 3. The number of alkyl halides is 1. The van der Waals surface area contributed by atoms with E-state index >= 15 is 0 Å². The third-order valence-electron chi connectivity index (χ3n) is 5.04. The molecule has 1 aliphatic carbocycles. The molecular formula is C22H22FN3O2. The standard InChI is InChI=1S/C22H22FN3O2/c1-14-12-16(10-11-24-14)15-6-7-17(20(27)13-15)19-8-9-22(26-25-19)28-21-5-3-2-4-18(21)23/h6-13,18,21,27H,2-5H2,1H3/t18-,21+/m0/s1. The largest absolute Gasteiger partial charge is 0.507 e. The van der Waals surface area contributed by atoms with Crippen molar-refractivity contribution in [2.45, 2.75) is 44.9 Å². The van der Waals surface area contributed by atoms with Crippen LogP contribution in [0.15, 0.2) is 48.7 Å². The predicted octanol–water partition coefficient (Wildman–Crippen LogP) is 4.88. The second-order valence-electron chi connectivity index (χ2n) is 7.13. The van der Waals surface area contributed by atoms with Gasteiger partial charge in [0.1, 0.15) is 18.0 Å². The fourth-order valence-electron chi connectivity index (χ4n) is 3.52. The number of aromatic nitrogens is 3. The van der Waals surface area contributed by atoms with E-state index < -0.39 is 12.3 Å². The zero-order valence-electron chi connectivity index (χ0n) is 15.7. The number of pyridine rings is 1. The van der Waals surface area contributed by atoms with Crippen LogP contribution in [0, 0.1) is 6.92 Å². The summed E-state index contributed by atoms with van der Waals surface area (Å²) in [6.45, 7) is 1.93. The van der Waals surface area contributed by atoms with Crippen molar-refractivity contribution in [2.75, 3.05) is 0 Å². The monoisotopic (exact) mass is 379 g/mol. The van der Waals surface area contributed by atoms with Gasteiger partial charge in [-0.3, -0.25) is 4.98 Å². The minimum absolute atomic E-state index is 0.117. The van der Waals surface area contributed by atoms with Crippen LogP contribution in [0.25, 0.3) is 22.4 Å². The maximum absolute atomic E-state index is 13.9. The number of ether oxygens (including phenoxy) is 1. The van der Waals surface area contributed by atoms with Gasteiger partial charge in [0.15, 0.2) is 0 Å². The van der Waals surface area contributed by atoms with E-state index in [0.717, 1.165) is 29.7 Å². The van der Waals surface area contributed by atoms with Gasteiger partial charge in [-0.2, -0.15) is 0 Å². The summed E-state index contributed by atoms with van der Waals surface area (Å²) in [5, 5.41) is 18.7. The van der Waals surface area contributed by atoms with Crippen molar-refractivity contribution < 1.29 is 14.2 Å². The van der Waals surface area contributed by atoms with Gasteiger partial charge in [0.25, 0.3) is 0 Å². The van der Waals surface area contributed by atoms with E-state index in [2.05, 4.69) is 15.2 Å². The summed E-state index contributed by atoms with van der Waals surface area (Å²) in [5.41, 5.74) is 3.90. The molecule has 2 aromatic heterocycles. The van der Waals surface area contributed by atoms with Gasteiger partial charge < -0.3 is 9.84 Å². The lowest BCUT2D eigenvalue weighted by Gasteiger charge is -2.25. The number of aryl methyl sites for hydroxylation is 1. The molecule has 0 bridgehead atoms. The van der Waals surface area contributed by atoms with E-state index in [1.807, 2.05) is 31.2 Å². The van der Waals surface area contributed by atoms with E-state index in [-0.39, 0.29) is 5.75 Å². The van der Waals surface area contributed by atoms with Crippen molar-refractivity contribution in [1.82, 2.24) is 15.2 Å². The van der Waals surface area contributed by atoms with E-state index in [0.29, 0.717) is 30.0 Å². The summed E-state index contributed by atoms with van der Waals surface area (Å²) in [6.07, 6.45) is 3.44. The Bertz CT molecular complexity index is 962. The van der Waals surface area contributed by atoms with E-state index in [1.165, 1.54) is 0 Å². The van der Waals surface area contributed by atoms with Crippen molar-refractivity contribution >= 4 is 0 Å². The zero-order valence-corrected chi connectivity index (χ0v) is 15.7. The number of hydrogen-bond donors (Lipinski definition) is 1. The molecule has 0 radical (unpaired) electrons. The van der Waals surface area contributed by atoms with Crippen LogP contribution < -0.4 is 4.74 Å². The highest BCUT2D eigenvalue weighted by atomic mass is 19.1. The normalized spacial score (nSPS) is 19.4. The number of halogens is 1. The summed E-state index contributed by atoms with van der Waals surface area (Å²) < 4.78 is 19.6. The molecule has 2 atom stereocenters. The number of rotatable bonds is 4. The number of hydrogen-bond acceptors (Lipinski definition) is 5. The summed E-state index contributed by atoms with van der Waals surface area (Å²) in [6, 6.07) is 12.7. The molecule has 1 N–H and O–H groups in total. The zero-order chi connectivity index (χ0) is 19.5. The van der Waals surface area contributed by atoms with Crippen molar-refractivity contribution in [3.63, 3.8) is 0 Å². The molecule has 1 aliphatic rings. The molecule has 2 heterocycles. The van der Waals surface area contributed by atoms with Crippen molar-refractivity contribution in [2.24, 2.45) is 0 Å². The van der Waals surface area contributed by atoms with Crippen LogP contribution in [0.1, 0.15) is 31.4 Å². The number of aromatic hydroxyl groups is 1. The molecule has 0 unspecified atom stereocenters. The van der Waals surface area contributed by atoms with Crippen LogP contribution in [0.5, 0.6) is 11.6 Å². The Hall–Kier alpha value is -3.02. The fourth-order valence-corrected chi connectivity index (χ4v) is 3.52. The molecule has 3 aromatic rings. The summed E-state index contributed by atoms with van der Waals surface area (Å²) in [7, 11) is 0. The second kappa shape index (κ2) is 7.92. The number of benzene rings is 1. The van der Waals surface area contributed by atoms with Gasteiger partial charge >= 0.3 is 0 Å². The van der Waals surface area contributed by atoms with Gasteiger partial charge in [0.2, 0.25) is 5.88 Å². The fraction of sp³-hybridized carbons (Fsp3) is 0.318. The number of phenolic OH excluding ortho intramolecular Hbond substituents is 1. The first-order valence-corrected chi connectivity index (χ1v) is 9.51. The maximum atomic E-state index is 13.9. The second-order valence-corrected chi connectivity index (χ2v) is 7.13. The van der Waals surface area contributed by atoms with Crippen LogP contribution in [0.4, 0.5) is 4.39 Å². The average Bonchev–Trinajstić information content (AvgIpc) is 2.70. The third kappa shape index (κ3) is 3.96. The highest BCUT2D eigenvalue weighted by molar-refractivity contribution is 5.74. The first-order valence-electron chi connectivity index (χ1n) is 9.51. The first kappa shape index (κ1) is 18.3. The van der Waals surface area contributed by atoms with Crippen LogP contribution in [-0.4, -0.2) is 32.6 Å². The molecule has 144 valence electrons. The molecule has 1 saturated carbocycles. The molecule has 0 spiro atoms. The van der Waals surface area contributed by atoms with Gasteiger partial charge in [-0.15, -0.1) is 10.2 Å². The predicted molar refractivity (Wildman–Crippen MR) is 105 cm³/mol. The summed E-state index contributed by atoms with van der Waals surface area (Å²) in [5.74, 6) is 0.424. The van der Waals surface area contributed by atoms with Gasteiger partial charge in [-0.25, -0.2) is 4.39 Å². The quantitative estimate of drug-likeness (QED) is 0.700. The van der Waals surface area contributed by atoms with Crippen LogP contribution >= 0.6 is 0 Å². The lowest BCUT2D eigenvalue weighted by molar-refractivity contribution is 0.0594. The molecule has 0 saturated heterocycles. The van der Waals surface area contributed by atoms with Crippen LogP contribution in [0.2, 0.25) is 0 Å². The van der Waals surface area contributed by atoms with Crippen LogP contribution in [0.3, 0.4) is 0 Å². The van der Waals surface area contributed by atoms with Crippen LogP contribution in [-0.2, 0) is 0 Å². The Morgan fingerprint density at radius 2 is 1.82 bits per heavy atom. The maximum Gasteiger partial charge on any atom is 0.233 e. The minimum Gasteiger partial charge on any atom is -0.507 e. The van der Waals surface area contributed by atoms with Gasteiger partial charge in [-0.1, -0.05) is 12.5 Å². The number of phenols is 1. The Labute approximate surface area is 163 Å². The smallest absolute Gasteiger partial charge is 0.233 e. The Balaban J connectivity index is 1.52. The average molecular weight is 379 g/mol. The Morgan fingerprint density at radius 3 is 2.54 bits per heavy atom. The molecule has 4 rings (SSSR count). The highest BCUT2D eigenvalue weighted by Crippen LogP contribution is 2.33. The first-order chi connectivity index (χ1) is 13.6. The molecule has 1 fully saturated rings. The highest BCUT2D eigenvalue weighted by Gasteiger charge is 2.26. The third-order valence-corrected chi connectivity index (χ3v) is 5.04. The van der Waals surface area contributed by atoms with Crippen molar-refractivity contribution in [1.29, 1.82) is 0 Å². The topological polar surface area (TPSA) is 68.1 Å².